The Bertz CT molecular complexity index is 343. The summed E-state index contributed by atoms with van der Waals surface area (Å²) in [6, 6.07) is 3.54. The van der Waals surface area contributed by atoms with Crippen molar-refractivity contribution in [2.75, 3.05) is 18.0 Å². The van der Waals surface area contributed by atoms with Crippen molar-refractivity contribution in [2.45, 2.75) is 12.3 Å². The van der Waals surface area contributed by atoms with E-state index in [2.05, 4.69) is 20.9 Å². The molecule has 0 saturated carbocycles. The van der Waals surface area contributed by atoms with Crippen molar-refractivity contribution < 1.29 is 8.78 Å². The maximum Gasteiger partial charge on any atom is 0.266 e. The lowest BCUT2D eigenvalue weighted by molar-refractivity contribution is 0.0257. The van der Waals surface area contributed by atoms with Gasteiger partial charge in [0.1, 0.15) is 4.60 Å². The third-order valence-electron chi connectivity index (χ3n) is 2.25. The number of rotatable bonds is 1. The van der Waals surface area contributed by atoms with E-state index in [9.17, 15) is 8.78 Å². The number of hydrogen-bond donors (Lipinski definition) is 0. The van der Waals surface area contributed by atoms with Crippen LogP contribution in [0, 0.1) is 0 Å². The van der Waals surface area contributed by atoms with E-state index in [0.29, 0.717) is 11.1 Å². The molecule has 2 heterocycles. The maximum atomic E-state index is 12.9. The molecule has 0 bridgehead atoms. The minimum Gasteiger partial charge on any atom is -0.363 e. The van der Waals surface area contributed by atoms with E-state index < -0.39 is 5.92 Å². The zero-order valence-electron chi connectivity index (χ0n) is 7.38. The summed E-state index contributed by atoms with van der Waals surface area (Å²) < 4.78 is 26.5. The quantitative estimate of drug-likeness (QED) is 0.724. The molecule has 76 valence electrons. The topological polar surface area (TPSA) is 16.1 Å². The third kappa shape index (κ3) is 1.87. The normalized spacial score (nSPS) is 20.1. The van der Waals surface area contributed by atoms with Gasteiger partial charge in [0.2, 0.25) is 0 Å². The summed E-state index contributed by atoms with van der Waals surface area (Å²) in [6.07, 6.45) is 1.55. The molecule has 1 aromatic heterocycles. The van der Waals surface area contributed by atoms with Gasteiger partial charge in [-0.3, -0.25) is 0 Å². The zero-order valence-corrected chi connectivity index (χ0v) is 8.97. The van der Waals surface area contributed by atoms with Gasteiger partial charge in [-0.1, -0.05) is 0 Å². The first kappa shape index (κ1) is 9.83. The maximum absolute atomic E-state index is 12.9. The van der Waals surface area contributed by atoms with Crippen molar-refractivity contribution in [1.82, 2.24) is 4.98 Å². The molecule has 0 N–H and O–H groups in total. The molecule has 0 radical (unpaired) electrons. The lowest BCUT2D eigenvalue weighted by Crippen LogP contribution is -2.25. The van der Waals surface area contributed by atoms with Gasteiger partial charge in [0.25, 0.3) is 5.92 Å². The predicted octanol–water partition coefficient (Wildman–Crippen LogP) is 2.69. The molecule has 1 saturated heterocycles. The van der Waals surface area contributed by atoms with Crippen LogP contribution in [0.5, 0.6) is 0 Å². The van der Waals surface area contributed by atoms with Gasteiger partial charge in [-0.2, -0.15) is 0 Å². The summed E-state index contributed by atoms with van der Waals surface area (Å²) in [6.45, 7) is 0.175. The van der Waals surface area contributed by atoms with Gasteiger partial charge in [0.15, 0.2) is 0 Å². The first-order chi connectivity index (χ1) is 6.58. The fraction of sp³-hybridized carbons (Fsp3) is 0.444. The molecule has 1 aromatic rings. The summed E-state index contributed by atoms with van der Waals surface area (Å²) >= 11 is 3.25. The highest BCUT2D eigenvalue weighted by molar-refractivity contribution is 9.10. The second-order valence-electron chi connectivity index (χ2n) is 3.34. The van der Waals surface area contributed by atoms with Crippen molar-refractivity contribution >= 4 is 21.6 Å². The molecule has 1 aliphatic rings. The van der Waals surface area contributed by atoms with Crippen LogP contribution < -0.4 is 4.90 Å². The second-order valence-corrected chi connectivity index (χ2v) is 4.09. The minimum atomic E-state index is -2.56. The van der Waals surface area contributed by atoms with E-state index in [1.165, 1.54) is 0 Å². The zero-order chi connectivity index (χ0) is 10.2. The molecule has 2 rings (SSSR count). The number of alkyl halides is 2. The van der Waals surface area contributed by atoms with Crippen molar-refractivity contribution in [2.24, 2.45) is 0 Å². The van der Waals surface area contributed by atoms with Crippen LogP contribution in [-0.2, 0) is 0 Å². The van der Waals surface area contributed by atoms with E-state index in [-0.39, 0.29) is 13.0 Å². The monoisotopic (exact) mass is 262 g/mol. The van der Waals surface area contributed by atoms with Crippen molar-refractivity contribution in [3.05, 3.63) is 22.9 Å². The number of pyridine rings is 1. The van der Waals surface area contributed by atoms with Crippen LogP contribution in [0.4, 0.5) is 14.5 Å². The van der Waals surface area contributed by atoms with Crippen molar-refractivity contribution in [3.8, 4) is 0 Å². The average Bonchev–Trinajstić information content (AvgIpc) is 2.47. The van der Waals surface area contributed by atoms with Gasteiger partial charge in [0.05, 0.1) is 12.2 Å². The highest BCUT2D eigenvalue weighted by atomic mass is 79.9. The summed E-state index contributed by atoms with van der Waals surface area (Å²) in [5, 5.41) is 0. The van der Waals surface area contributed by atoms with Crippen LogP contribution >= 0.6 is 15.9 Å². The Morgan fingerprint density at radius 3 is 2.86 bits per heavy atom. The lowest BCUT2D eigenvalue weighted by atomic mass is 10.3. The number of anilines is 1. The van der Waals surface area contributed by atoms with Crippen LogP contribution in [-0.4, -0.2) is 24.0 Å². The van der Waals surface area contributed by atoms with E-state index >= 15 is 0 Å². The van der Waals surface area contributed by atoms with Crippen LogP contribution in [0.2, 0.25) is 0 Å². The van der Waals surface area contributed by atoms with Crippen LogP contribution in [0.1, 0.15) is 6.42 Å². The largest absolute Gasteiger partial charge is 0.363 e. The van der Waals surface area contributed by atoms with Gasteiger partial charge in [-0.15, -0.1) is 0 Å². The summed E-state index contributed by atoms with van der Waals surface area (Å²) in [5.74, 6) is -2.56. The highest BCUT2D eigenvalue weighted by Gasteiger charge is 2.38. The SMILES string of the molecule is FC1(F)CCN(c2cccnc2Br)C1. The lowest BCUT2D eigenvalue weighted by Gasteiger charge is -2.18. The Morgan fingerprint density at radius 2 is 2.29 bits per heavy atom. The Labute approximate surface area is 89.1 Å². The fourth-order valence-electron chi connectivity index (χ4n) is 1.55. The van der Waals surface area contributed by atoms with Gasteiger partial charge in [-0.05, 0) is 28.1 Å². The molecule has 0 unspecified atom stereocenters. The Kier molecular flexibility index (Phi) is 2.43. The molecule has 0 aliphatic carbocycles. The Hall–Kier alpha value is -0.710. The molecule has 14 heavy (non-hydrogen) atoms. The molecular weight excluding hydrogens is 254 g/mol. The van der Waals surface area contributed by atoms with Crippen LogP contribution in [0.25, 0.3) is 0 Å². The first-order valence-corrected chi connectivity index (χ1v) is 5.11. The third-order valence-corrected chi connectivity index (χ3v) is 2.86. The second kappa shape index (κ2) is 3.46. The van der Waals surface area contributed by atoms with E-state index in [1.807, 2.05) is 0 Å². The van der Waals surface area contributed by atoms with Gasteiger partial charge in [0, 0.05) is 19.2 Å². The van der Waals surface area contributed by atoms with Crippen molar-refractivity contribution in [3.63, 3.8) is 0 Å². The molecule has 1 fully saturated rings. The molecular formula is C9H9BrF2N2. The molecule has 0 aromatic carbocycles. The average molecular weight is 263 g/mol. The van der Waals surface area contributed by atoms with Gasteiger partial charge in [-0.25, -0.2) is 13.8 Å². The molecule has 2 nitrogen and oxygen atoms in total. The van der Waals surface area contributed by atoms with Crippen molar-refractivity contribution in [1.29, 1.82) is 0 Å². The molecule has 0 amide bonds. The van der Waals surface area contributed by atoms with Crippen LogP contribution in [0.15, 0.2) is 22.9 Å². The van der Waals surface area contributed by atoms with E-state index in [0.717, 1.165) is 5.69 Å². The first-order valence-electron chi connectivity index (χ1n) is 4.32. The number of halogens is 3. The Balaban J connectivity index is 2.22. The minimum absolute atomic E-state index is 0.0751. The van der Waals surface area contributed by atoms with E-state index in [4.69, 9.17) is 0 Å². The fourth-order valence-corrected chi connectivity index (χ4v) is 2.06. The molecule has 0 spiro atoms. The molecule has 1 aliphatic heterocycles. The smallest absolute Gasteiger partial charge is 0.266 e. The summed E-state index contributed by atoms with van der Waals surface area (Å²) in [7, 11) is 0. The molecule has 0 atom stereocenters. The summed E-state index contributed by atoms with van der Waals surface area (Å²) in [5.41, 5.74) is 0.740. The van der Waals surface area contributed by atoms with Crippen LogP contribution in [0.3, 0.4) is 0 Å². The van der Waals surface area contributed by atoms with E-state index in [1.54, 1.807) is 23.2 Å². The predicted molar refractivity (Wildman–Crippen MR) is 53.7 cm³/mol. The van der Waals surface area contributed by atoms with Gasteiger partial charge < -0.3 is 4.90 Å². The number of hydrogen-bond acceptors (Lipinski definition) is 2. The molecule has 5 heteroatoms. The standard InChI is InChI=1S/C9H9BrF2N2/c10-8-7(2-1-4-13-8)14-5-3-9(11,12)6-14/h1-2,4H,3,5-6H2. The van der Waals surface area contributed by atoms with Gasteiger partial charge >= 0.3 is 0 Å². The Morgan fingerprint density at radius 1 is 1.50 bits per heavy atom. The highest BCUT2D eigenvalue weighted by Crippen LogP contribution is 2.33. The number of aromatic nitrogens is 1. The number of nitrogens with zero attached hydrogens (tertiary/aromatic N) is 2. The summed E-state index contributed by atoms with van der Waals surface area (Å²) in [4.78, 5) is 5.65.